The van der Waals surface area contributed by atoms with Gasteiger partial charge in [0.05, 0.1) is 0 Å². The van der Waals surface area contributed by atoms with Crippen LogP contribution in [0.3, 0.4) is 0 Å². The van der Waals surface area contributed by atoms with Crippen LogP contribution in [0, 0.1) is 5.92 Å². The summed E-state index contributed by atoms with van der Waals surface area (Å²) in [6.45, 7) is 5.96. The molecule has 0 saturated carbocycles. The van der Waals surface area contributed by atoms with Gasteiger partial charge in [0, 0.05) is 6.42 Å². The number of aliphatic hydroxyl groups excluding tert-OH is 1. The molecule has 0 aromatic heterocycles. The molecule has 0 spiro atoms. The molecule has 2 heteroatoms. The molecule has 78 valence electrons. The number of rotatable bonds is 7. The van der Waals surface area contributed by atoms with Crippen molar-refractivity contribution in [3.8, 4) is 0 Å². The smallest absolute Gasteiger partial charge is 0.160 e. The summed E-state index contributed by atoms with van der Waals surface area (Å²) < 4.78 is 0. The Morgan fingerprint density at radius 2 is 1.77 bits per heavy atom. The minimum atomic E-state index is -0.773. The Bertz CT molecular complexity index is 139. The Balaban J connectivity index is 3.21. The Morgan fingerprint density at radius 3 is 2.23 bits per heavy atom. The van der Waals surface area contributed by atoms with E-state index < -0.39 is 6.10 Å². The van der Waals surface area contributed by atoms with Gasteiger partial charge in [-0.15, -0.1) is 0 Å². The predicted octanol–water partition coefficient (Wildman–Crippen LogP) is 2.54. The second kappa shape index (κ2) is 7.07. The summed E-state index contributed by atoms with van der Waals surface area (Å²) in [6.07, 6.45) is 4.24. The maximum atomic E-state index is 11.0. The standard InChI is InChI=1S/C11H22O2/c1-9(2)7-5-4-6-8-11(13)10(3)12/h9-10,12H,4-8H2,1-3H3. The first-order chi connectivity index (χ1) is 6.04. The van der Waals surface area contributed by atoms with Crippen LogP contribution in [0.15, 0.2) is 0 Å². The van der Waals surface area contributed by atoms with Gasteiger partial charge in [-0.1, -0.05) is 33.1 Å². The lowest BCUT2D eigenvalue weighted by Gasteiger charge is -2.05. The van der Waals surface area contributed by atoms with Crippen LogP contribution in [0.5, 0.6) is 0 Å². The van der Waals surface area contributed by atoms with Crippen LogP contribution in [0.25, 0.3) is 0 Å². The fourth-order valence-electron chi connectivity index (χ4n) is 1.24. The molecule has 1 N–H and O–H groups in total. The van der Waals surface area contributed by atoms with Crippen LogP contribution < -0.4 is 0 Å². The molecule has 0 fully saturated rings. The molecule has 0 saturated heterocycles. The van der Waals surface area contributed by atoms with E-state index >= 15 is 0 Å². The second-order valence-electron chi connectivity index (χ2n) is 4.14. The maximum absolute atomic E-state index is 11.0. The third kappa shape index (κ3) is 7.97. The number of aliphatic hydroxyl groups is 1. The van der Waals surface area contributed by atoms with Crippen LogP contribution in [-0.4, -0.2) is 17.0 Å². The predicted molar refractivity (Wildman–Crippen MR) is 54.6 cm³/mol. The number of Topliss-reactive ketones (excluding diaryl/α,β-unsaturated/α-hetero) is 1. The van der Waals surface area contributed by atoms with E-state index in [0.29, 0.717) is 6.42 Å². The topological polar surface area (TPSA) is 37.3 Å². The maximum Gasteiger partial charge on any atom is 0.160 e. The number of hydrogen-bond acceptors (Lipinski definition) is 2. The van der Waals surface area contributed by atoms with Crippen molar-refractivity contribution in [2.75, 3.05) is 0 Å². The number of carbonyl (C=O) groups is 1. The Morgan fingerprint density at radius 1 is 1.15 bits per heavy atom. The molecule has 0 rings (SSSR count). The van der Waals surface area contributed by atoms with Crippen LogP contribution in [0.1, 0.15) is 52.9 Å². The molecular weight excluding hydrogens is 164 g/mol. The zero-order chi connectivity index (χ0) is 10.3. The molecule has 0 aliphatic carbocycles. The van der Waals surface area contributed by atoms with Crippen LogP contribution in [-0.2, 0) is 4.79 Å². The highest BCUT2D eigenvalue weighted by Crippen LogP contribution is 2.09. The first-order valence-corrected chi connectivity index (χ1v) is 5.24. The highest BCUT2D eigenvalue weighted by Gasteiger charge is 2.07. The number of hydrogen-bond donors (Lipinski definition) is 1. The lowest BCUT2D eigenvalue weighted by molar-refractivity contribution is -0.126. The molecule has 0 amide bonds. The van der Waals surface area contributed by atoms with Gasteiger partial charge in [-0.2, -0.15) is 0 Å². The van der Waals surface area contributed by atoms with Crippen LogP contribution >= 0.6 is 0 Å². The molecule has 0 aromatic rings. The number of carbonyl (C=O) groups excluding carboxylic acids is 1. The second-order valence-corrected chi connectivity index (χ2v) is 4.14. The molecule has 1 unspecified atom stereocenters. The fourth-order valence-corrected chi connectivity index (χ4v) is 1.24. The van der Waals surface area contributed by atoms with Gasteiger partial charge < -0.3 is 5.11 Å². The van der Waals surface area contributed by atoms with Crippen LogP contribution in [0.2, 0.25) is 0 Å². The van der Waals surface area contributed by atoms with Gasteiger partial charge in [0.25, 0.3) is 0 Å². The van der Waals surface area contributed by atoms with Crippen molar-refractivity contribution in [2.45, 2.75) is 59.0 Å². The summed E-state index contributed by atoms with van der Waals surface area (Å²) in [6, 6.07) is 0. The zero-order valence-electron chi connectivity index (χ0n) is 9.05. The lowest BCUT2D eigenvalue weighted by atomic mass is 10.0. The van der Waals surface area contributed by atoms with E-state index in [1.165, 1.54) is 19.8 Å². The SMILES string of the molecule is CC(C)CCCCCC(=O)C(C)O. The largest absolute Gasteiger partial charge is 0.386 e. The van der Waals surface area contributed by atoms with Crippen molar-refractivity contribution >= 4 is 5.78 Å². The number of ketones is 1. The summed E-state index contributed by atoms with van der Waals surface area (Å²) in [7, 11) is 0. The van der Waals surface area contributed by atoms with Crippen molar-refractivity contribution < 1.29 is 9.90 Å². The van der Waals surface area contributed by atoms with E-state index in [1.807, 2.05) is 0 Å². The van der Waals surface area contributed by atoms with Gasteiger partial charge in [0.2, 0.25) is 0 Å². The first-order valence-electron chi connectivity index (χ1n) is 5.24. The Kier molecular flexibility index (Phi) is 6.87. The Hall–Kier alpha value is -0.370. The summed E-state index contributed by atoms with van der Waals surface area (Å²) in [5, 5.41) is 8.92. The third-order valence-corrected chi connectivity index (χ3v) is 2.17. The molecule has 0 heterocycles. The highest BCUT2D eigenvalue weighted by atomic mass is 16.3. The van der Waals surface area contributed by atoms with Gasteiger partial charge in [-0.25, -0.2) is 0 Å². The zero-order valence-corrected chi connectivity index (χ0v) is 9.05. The van der Waals surface area contributed by atoms with E-state index in [-0.39, 0.29) is 5.78 Å². The average Bonchev–Trinajstić information content (AvgIpc) is 2.02. The molecule has 0 aromatic carbocycles. The van der Waals surface area contributed by atoms with Gasteiger partial charge in [0.1, 0.15) is 6.10 Å². The van der Waals surface area contributed by atoms with Crippen molar-refractivity contribution in [1.29, 1.82) is 0 Å². The fraction of sp³-hybridized carbons (Fsp3) is 0.909. The molecule has 13 heavy (non-hydrogen) atoms. The van der Waals surface area contributed by atoms with E-state index in [4.69, 9.17) is 5.11 Å². The quantitative estimate of drug-likeness (QED) is 0.620. The van der Waals surface area contributed by atoms with Crippen molar-refractivity contribution in [3.63, 3.8) is 0 Å². The highest BCUT2D eigenvalue weighted by molar-refractivity contribution is 5.82. The minimum absolute atomic E-state index is 0.0236. The van der Waals surface area contributed by atoms with E-state index in [0.717, 1.165) is 18.8 Å². The normalized spacial score (nSPS) is 13.3. The molecule has 2 nitrogen and oxygen atoms in total. The van der Waals surface area contributed by atoms with Gasteiger partial charge >= 0.3 is 0 Å². The summed E-state index contributed by atoms with van der Waals surface area (Å²) in [4.78, 5) is 11.0. The van der Waals surface area contributed by atoms with Crippen LogP contribution in [0.4, 0.5) is 0 Å². The van der Waals surface area contributed by atoms with Gasteiger partial charge in [0.15, 0.2) is 5.78 Å². The van der Waals surface area contributed by atoms with E-state index in [2.05, 4.69) is 13.8 Å². The van der Waals surface area contributed by atoms with Crippen molar-refractivity contribution in [2.24, 2.45) is 5.92 Å². The summed E-state index contributed by atoms with van der Waals surface area (Å²) >= 11 is 0. The summed E-state index contributed by atoms with van der Waals surface area (Å²) in [5.74, 6) is 0.733. The monoisotopic (exact) mass is 186 g/mol. The third-order valence-electron chi connectivity index (χ3n) is 2.17. The molecule has 0 bridgehead atoms. The lowest BCUT2D eigenvalue weighted by Crippen LogP contribution is -2.15. The van der Waals surface area contributed by atoms with Gasteiger partial charge in [-0.3, -0.25) is 4.79 Å². The molecular formula is C11H22O2. The molecule has 1 atom stereocenters. The molecule has 0 aliphatic rings. The molecule has 0 radical (unpaired) electrons. The Labute approximate surface area is 81.3 Å². The minimum Gasteiger partial charge on any atom is -0.386 e. The van der Waals surface area contributed by atoms with E-state index in [1.54, 1.807) is 0 Å². The van der Waals surface area contributed by atoms with Crippen molar-refractivity contribution in [3.05, 3.63) is 0 Å². The van der Waals surface area contributed by atoms with E-state index in [9.17, 15) is 4.79 Å². The summed E-state index contributed by atoms with van der Waals surface area (Å²) in [5.41, 5.74) is 0. The van der Waals surface area contributed by atoms with Crippen molar-refractivity contribution in [1.82, 2.24) is 0 Å². The van der Waals surface area contributed by atoms with Gasteiger partial charge in [-0.05, 0) is 19.3 Å². The number of unbranched alkanes of at least 4 members (excludes halogenated alkanes) is 2. The average molecular weight is 186 g/mol. The first kappa shape index (κ1) is 12.6. The molecule has 0 aliphatic heterocycles.